The number of nitrogens with two attached hydrogens (primary N) is 1. The summed E-state index contributed by atoms with van der Waals surface area (Å²) >= 11 is 0. The minimum atomic E-state index is -0.751. The number of hydrazine groups is 2. The lowest BCUT2D eigenvalue weighted by atomic mass is 10.2. The van der Waals surface area contributed by atoms with Crippen molar-refractivity contribution in [2.24, 2.45) is 5.84 Å². The second-order valence-electron chi connectivity index (χ2n) is 8.00. The predicted octanol–water partition coefficient (Wildman–Crippen LogP) is -2.99. The monoisotopic (exact) mass is 537 g/mol. The first kappa shape index (κ1) is 33.8. The lowest BCUT2D eigenvalue weighted by Crippen LogP contribution is -2.45. The predicted molar refractivity (Wildman–Crippen MR) is 128 cm³/mol. The van der Waals surface area contributed by atoms with Crippen LogP contribution in [-0.4, -0.2) is 108 Å². The van der Waals surface area contributed by atoms with Gasteiger partial charge in [0.05, 0.1) is 52.7 Å². The molecule has 0 bridgehead atoms. The molecule has 214 valence electrons. The molecule has 0 unspecified atom stereocenters. The van der Waals surface area contributed by atoms with E-state index in [0.29, 0.717) is 26.4 Å². The highest BCUT2D eigenvalue weighted by atomic mass is 16.6. The molecule has 8 N–H and O–H groups in total. The van der Waals surface area contributed by atoms with Crippen LogP contribution in [0.1, 0.15) is 20.8 Å². The Labute approximate surface area is 215 Å². The zero-order chi connectivity index (χ0) is 27.9. The van der Waals surface area contributed by atoms with Crippen molar-refractivity contribution >= 4 is 29.9 Å². The first-order valence-corrected chi connectivity index (χ1v) is 11.4. The molecule has 5 amide bonds. The van der Waals surface area contributed by atoms with Crippen molar-refractivity contribution in [2.75, 3.05) is 72.4 Å². The summed E-state index contributed by atoms with van der Waals surface area (Å²) in [7, 11) is 0. The average molecular weight is 538 g/mol. The summed E-state index contributed by atoms with van der Waals surface area (Å²) < 4.78 is 25.5. The van der Waals surface area contributed by atoms with Crippen molar-refractivity contribution in [2.45, 2.75) is 26.4 Å². The third kappa shape index (κ3) is 24.2. The van der Waals surface area contributed by atoms with Gasteiger partial charge in [-0.1, -0.05) is 0 Å². The van der Waals surface area contributed by atoms with E-state index in [1.54, 1.807) is 20.8 Å². The topological polar surface area (TPSA) is 230 Å². The summed E-state index contributed by atoms with van der Waals surface area (Å²) in [6.45, 7) is 6.12. The van der Waals surface area contributed by atoms with E-state index in [4.69, 9.17) is 29.5 Å². The number of carbonyl (C=O) groups is 5. The summed E-state index contributed by atoms with van der Waals surface area (Å²) in [5, 5.41) is 9.48. The van der Waals surface area contributed by atoms with Gasteiger partial charge in [-0.25, -0.2) is 15.0 Å². The summed E-state index contributed by atoms with van der Waals surface area (Å²) in [5.41, 5.74) is 3.27. The minimum Gasteiger partial charge on any atom is -0.446 e. The maximum atomic E-state index is 11.7. The van der Waals surface area contributed by atoms with Gasteiger partial charge >= 0.3 is 12.2 Å². The summed E-state index contributed by atoms with van der Waals surface area (Å²) in [6.07, 6.45) is -1.47. The van der Waals surface area contributed by atoms with Gasteiger partial charge in [0.1, 0.15) is 18.8 Å². The Morgan fingerprint density at radius 3 is 1.59 bits per heavy atom. The fraction of sp³-hybridized carbons (Fsp3) is 0.750. The molecule has 0 rings (SSSR count). The second kappa shape index (κ2) is 20.9. The quantitative estimate of drug-likeness (QED) is 0.0497. The van der Waals surface area contributed by atoms with Crippen LogP contribution in [0.3, 0.4) is 0 Å². The molecule has 0 atom stereocenters. The number of alkyl carbamates (subject to hydrolysis) is 1. The van der Waals surface area contributed by atoms with Crippen LogP contribution in [0.4, 0.5) is 9.59 Å². The van der Waals surface area contributed by atoms with Gasteiger partial charge in [0.2, 0.25) is 17.7 Å². The normalized spacial score (nSPS) is 10.7. The first-order valence-electron chi connectivity index (χ1n) is 11.4. The molecule has 0 spiro atoms. The fourth-order valence-corrected chi connectivity index (χ4v) is 2.10. The Bertz CT molecular complexity index is 703. The van der Waals surface area contributed by atoms with Crippen molar-refractivity contribution in [3.8, 4) is 0 Å². The third-order valence-corrected chi connectivity index (χ3v) is 3.63. The molecule has 17 nitrogen and oxygen atoms in total. The highest BCUT2D eigenvalue weighted by Gasteiger charge is 2.16. The SMILES string of the molecule is CC(C)(C)OC(=O)NCC(=O)NCC(=O)NCC(=O)NCCOCCOCCOCCOC(=O)NNN. The molecule has 0 heterocycles. The van der Waals surface area contributed by atoms with Gasteiger partial charge in [0.15, 0.2) is 0 Å². The second-order valence-corrected chi connectivity index (χ2v) is 8.00. The standard InChI is InChI=1S/C20H39N7O10/c1-20(2,3)37-18(31)25-14-17(30)24-13-16(29)23-12-15(28)22-4-5-33-6-7-34-8-9-35-10-11-36-19(32)26-27-21/h27H,4-14,21H2,1-3H3,(H,22,28)(H,23,29)(H,24,30)(H,25,31)(H,26,32). The number of nitrogens with one attached hydrogen (secondary N) is 6. The lowest BCUT2D eigenvalue weighted by molar-refractivity contribution is -0.127. The molecule has 0 aliphatic carbocycles. The summed E-state index contributed by atoms with van der Waals surface area (Å²) in [6, 6.07) is 0. The molecule has 0 aromatic carbocycles. The van der Waals surface area contributed by atoms with Crippen LogP contribution in [0.15, 0.2) is 0 Å². The van der Waals surface area contributed by atoms with Crippen LogP contribution in [-0.2, 0) is 38.1 Å². The van der Waals surface area contributed by atoms with E-state index in [-0.39, 0.29) is 46.0 Å². The van der Waals surface area contributed by atoms with Gasteiger partial charge in [0.25, 0.3) is 0 Å². The van der Waals surface area contributed by atoms with Crippen LogP contribution in [0.2, 0.25) is 0 Å². The van der Waals surface area contributed by atoms with E-state index in [1.165, 1.54) is 0 Å². The molecule has 0 aromatic heterocycles. The van der Waals surface area contributed by atoms with Crippen LogP contribution in [0.25, 0.3) is 0 Å². The zero-order valence-electron chi connectivity index (χ0n) is 21.4. The molecular weight excluding hydrogens is 498 g/mol. The van der Waals surface area contributed by atoms with Gasteiger partial charge < -0.3 is 45.0 Å². The maximum absolute atomic E-state index is 11.7. The Hall–Kier alpha value is -3.25. The van der Waals surface area contributed by atoms with E-state index in [9.17, 15) is 24.0 Å². The molecule has 0 aromatic rings. The van der Waals surface area contributed by atoms with Gasteiger partial charge in [-0.15, -0.1) is 0 Å². The van der Waals surface area contributed by atoms with Crippen LogP contribution in [0, 0.1) is 0 Å². The van der Waals surface area contributed by atoms with Gasteiger partial charge in [-0.2, -0.15) is 5.53 Å². The summed E-state index contributed by atoms with van der Waals surface area (Å²) in [5.74, 6) is 3.29. The Morgan fingerprint density at radius 2 is 1.08 bits per heavy atom. The number of amides is 5. The first-order chi connectivity index (χ1) is 17.5. The molecule has 0 aliphatic rings. The molecular formula is C20H39N7O10. The molecule has 0 aliphatic heterocycles. The summed E-state index contributed by atoms with van der Waals surface area (Å²) in [4.78, 5) is 57.4. The van der Waals surface area contributed by atoms with Crippen molar-refractivity contribution < 1.29 is 47.7 Å². The van der Waals surface area contributed by atoms with E-state index in [2.05, 4.69) is 21.3 Å². The molecule has 0 saturated heterocycles. The minimum absolute atomic E-state index is 0.0671. The third-order valence-electron chi connectivity index (χ3n) is 3.63. The average Bonchev–Trinajstić information content (AvgIpc) is 2.82. The number of rotatable bonds is 19. The highest BCUT2D eigenvalue weighted by molar-refractivity contribution is 5.89. The van der Waals surface area contributed by atoms with Crippen molar-refractivity contribution in [3.05, 3.63) is 0 Å². The van der Waals surface area contributed by atoms with Crippen molar-refractivity contribution in [1.82, 2.24) is 32.2 Å². The number of ether oxygens (including phenoxy) is 5. The smallest absolute Gasteiger partial charge is 0.422 e. The molecule has 17 heteroatoms. The molecule has 0 fully saturated rings. The highest BCUT2D eigenvalue weighted by Crippen LogP contribution is 2.05. The van der Waals surface area contributed by atoms with Gasteiger partial charge in [0, 0.05) is 6.54 Å². The Balaban J connectivity index is 3.54. The number of hydrogen-bond acceptors (Lipinski definition) is 12. The molecule has 37 heavy (non-hydrogen) atoms. The van der Waals surface area contributed by atoms with Crippen molar-refractivity contribution in [1.29, 1.82) is 0 Å². The van der Waals surface area contributed by atoms with Crippen molar-refractivity contribution in [3.63, 3.8) is 0 Å². The molecule has 0 saturated carbocycles. The lowest BCUT2D eigenvalue weighted by Gasteiger charge is -2.19. The van der Waals surface area contributed by atoms with E-state index in [1.807, 2.05) is 11.0 Å². The van der Waals surface area contributed by atoms with E-state index in [0.717, 1.165) is 0 Å². The fourth-order valence-electron chi connectivity index (χ4n) is 2.10. The molecule has 0 radical (unpaired) electrons. The van der Waals surface area contributed by atoms with Crippen LogP contribution < -0.4 is 38.1 Å². The van der Waals surface area contributed by atoms with E-state index < -0.39 is 35.5 Å². The van der Waals surface area contributed by atoms with Crippen LogP contribution in [0.5, 0.6) is 0 Å². The van der Waals surface area contributed by atoms with Crippen LogP contribution >= 0.6 is 0 Å². The number of hydrogen-bond donors (Lipinski definition) is 7. The van der Waals surface area contributed by atoms with Gasteiger partial charge in [-0.05, 0) is 20.8 Å². The largest absolute Gasteiger partial charge is 0.446 e. The van der Waals surface area contributed by atoms with Gasteiger partial charge in [-0.3, -0.25) is 20.2 Å². The Kier molecular flexibility index (Phi) is 19.1. The Morgan fingerprint density at radius 1 is 0.622 bits per heavy atom. The number of carbonyl (C=O) groups excluding carboxylic acids is 5. The maximum Gasteiger partial charge on any atom is 0.422 e. The van der Waals surface area contributed by atoms with E-state index >= 15 is 0 Å². The zero-order valence-corrected chi connectivity index (χ0v) is 21.4.